The van der Waals surface area contributed by atoms with Gasteiger partial charge in [-0.25, -0.2) is 8.42 Å². The van der Waals surface area contributed by atoms with Crippen LogP contribution in [0.4, 0.5) is 0 Å². The molecular weight excluding hydrogens is 416 g/mol. The van der Waals surface area contributed by atoms with Crippen molar-refractivity contribution < 1.29 is 22.7 Å². The molecule has 1 heterocycles. The lowest BCUT2D eigenvalue weighted by molar-refractivity contribution is 0.0950. The Morgan fingerprint density at radius 3 is 2.32 bits per heavy atom. The van der Waals surface area contributed by atoms with Crippen molar-refractivity contribution in [1.29, 1.82) is 0 Å². The highest BCUT2D eigenvalue weighted by Gasteiger charge is 2.25. The number of rotatable bonds is 8. The summed E-state index contributed by atoms with van der Waals surface area (Å²) < 4.78 is 38.0. The molecule has 0 aliphatic carbocycles. The Labute approximate surface area is 184 Å². The standard InChI is InChI=1S/C23H30N2O5S/c1-17(2)30-21-12-9-19(15-22(21)29-3)23(26)24-16-18-7-10-20(11-8-18)31(27,28)25-13-5-4-6-14-25/h7-12,15,17H,4-6,13-14,16H2,1-3H3,(H,24,26). The van der Waals surface area contributed by atoms with E-state index in [1.807, 2.05) is 13.8 Å². The summed E-state index contributed by atoms with van der Waals surface area (Å²) in [5.74, 6) is 0.826. The van der Waals surface area contributed by atoms with Gasteiger partial charge in [0.2, 0.25) is 10.0 Å². The number of sulfonamides is 1. The van der Waals surface area contributed by atoms with Crippen LogP contribution >= 0.6 is 0 Å². The van der Waals surface area contributed by atoms with Crippen molar-refractivity contribution in [2.75, 3.05) is 20.2 Å². The molecule has 1 N–H and O–H groups in total. The summed E-state index contributed by atoms with van der Waals surface area (Å²) in [6.07, 6.45) is 2.87. The second-order valence-corrected chi connectivity index (χ2v) is 9.76. The second kappa shape index (κ2) is 10.2. The van der Waals surface area contributed by atoms with E-state index in [-0.39, 0.29) is 23.5 Å². The summed E-state index contributed by atoms with van der Waals surface area (Å²) in [5, 5.41) is 2.85. The van der Waals surface area contributed by atoms with E-state index in [1.54, 1.807) is 46.8 Å². The number of nitrogens with one attached hydrogen (secondary N) is 1. The fourth-order valence-electron chi connectivity index (χ4n) is 3.48. The molecule has 3 rings (SSSR count). The maximum Gasteiger partial charge on any atom is 0.251 e. The molecule has 8 heteroatoms. The molecule has 0 atom stereocenters. The van der Waals surface area contributed by atoms with Gasteiger partial charge >= 0.3 is 0 Å². The van der Waals surface area contributed by atoms with Gasteiger partial charge in [-0.05, 0) is 62.6 Å². The first-order valence-corrected chi connectivity index (χ1v) is 12.0. The summed E-state index contributed by atoms with van der Waals surface area (Å²) in [7, 11) is -1.92. The van der Waals surface area contributed by atoms with Gasteiger partial charge in [0.25, 0.3) is 5.91 Å². The average molecular weight is 447 g/mol. The Morgan fingerprint density at radius 2 is 1.71 bits per heavy atom. The van der Waals surface area contributed by atoms with Crippen molar-refractivity contribution in [3.63, 3.8) is 0 Å². The average Bonchev–Trinajstić information content (AvgIpc) is 2.78. The maximum absolute atomic E-state index is 12.7. The van der Waals surface area contributed by atoms with E-state index in [4.69, 9.17) is 9.47 Å². The van der Waals surface area contributed by atoms with E-state index in [2.05, 4.69) is 5.32 Å². The van der Waals surface area contributed by atoms with E-state index in [0.29, 0.717) is 30.2 Å². The predicted molar refractivity (Wildman–Crippen MR) is 119 cm³/mol. The zero-order chi connectivity index (χ0) is 22.4. The number of amides is 1. The quantitative estimate of drug-likeness (QED) is 0.670. The first kappa shape index (κ1) is 23.1. The fourth-order valence-corrected chi connectivity index (χ4v) is 5.00. The molecule has 0 radical (unpaired) electrons. The number of hydrogen-bond acceptors (Lipinski definition) is 5. The smallest absolute Gasteiger partial charge is 0.251 e. The van der Waals surface area contributed by atoms with E-state index >= 15 is 0 Å². The van der Waals surface area contributed by atoms with Crippen molar-refractivity contribution in [2.24, 2.45) is 0 Å². The normalized spacial score (nSPS) is 15.0. The molecule has 2 aromatic rings. The molecule has 0 unspecified atom stereocenters. The van der Waals surface area contributed by atoms with Crippen LogP contribution in [0.3, 0.4) is 0 Å². The Hall–Kier alpha value is -2.58. The Kier molecular flexibility index (Phi) is 7.56. The van der Waals surface area contributed by atoms with Crippen LogP contribution in [0.25, 0.3) is 0 Å². The highest BCUT2D eigenvalue weighted by molar-refractivity contribution is 7.89. The van der Waals surface area contributed by atoms with Crippen molar-refractivity contribution in [2.45, 2.75) is 50.7 Å². The first-order chi connectivity index (χ1) is 14.8. The molecule has 0 bridgehead atoms. The van der Waals surface area contributed by atoms with Crippen LogP contribution in [0.2, 0.25) is 0 Å². The summed E-state index contributed by atoms with van der Waals surface area (Å²) in [6.45, 7) is 5.27. The lowest BCUT2D eigenvalue weighted by Gasteiger charge is -2.25. The van der Waals surface area contributed by atoms with Crippen LogP contribution in [-0.4, -0.2) is 44.9 Å². The van der Waals surface area contributed by atoms with Gasteiger partial charge in [0.05, 0.1) is 18.1 Å². The third-order valence-corrected chi connectivity index (χ3v) is 7.03. The number of ether oxygens (including phenoxy) is 2. The van der Waals surface area contributed by atoms with E-state index in [0.717, 1.165) is 24.8 Å². The fraction of sp³-hybridized carbons (Fsp3) is 0.435. The second-order valence-electron chi connectivity index (χ2n) is 7.82. The number of hydrogen-bond donors (Lipinski definition) is 1. The number of nitrogens with zero attached hydrogens (tertiary/aromatic N) is 1. The topological polar surface area (TPSA) is 84.9 Å². The molecule has 1 amide bonds. The molecule has 31 heavy (non-hydrogen) atoms. The monoisotopic (exact) mass is 446 g/mol. The van der Waals surface area contributed by atoms with Crippen molar-refractivity contribution >= 4 is 15.9 Å². The zero-order valence-corrected chi connectivity index (χ0v) is 19.1. The summed E-state index contributed by atoms with van der Waals surface area (Å²) in [5.41, 5.74) is 1.27. The van der Waals surface area contributed by atoms with Crippen molar-refractivity contribution in [3.05, 3.63) is 53.6 Å². The molecule has 1 fully saturated rings. The molecule has 168 valence electrons. The van der Waals surface area contributed by atoms with Gasteiger partial charge in [0, 0.05) is 25.2 Å². The third kappa shape index (κ3) is 5.77. The predicted octanol–water partition coefficient (Wildman–Crippen LogP) is 3.59. The van der Waals surface area contributed by atoms with Gasteiger partial charge in [-0.1, -0.05) is 18.6 Å². The molecule has 1 aliphatic rings. The molecule has 0 aromatic heterocycles. The number of piperidine rings is 1. The highest BCUT2D eigenvalue weighted by Crippen LogP contribution is 2.29. The van der Waals surface area contributed by atoms with Gasteiger partial charge in [0.1, 0.15) is 0 Å². The Bertz CT molecular complexity index is 997. The van der Waals surface area contributed by atoms with Crippen LogP contribution in [0.15, 0.2) is 47.4 Å². The summed E-state index contributed by atoms with van der Waals surface area (Å²) in [6, 6.07) is 11.7. The van der Waals surface area contributed by atoms with Crippen LogP contribution < -0.4 is 14.8 Å². The summed E-state index contributed by atoms with van der Waals surface area (Å²) in [4.78, 5) is 12.8. The zero-order valence-electron chi connectivity index (χ0n) is 18.3. The molecule has 1 saturated heterocycles. The molecule has 1 aliphatic heterocycles. The van der Waals surface area contributed by atoms with E-state index < -0.39 is 10.0 Å². The minimum Gasteiger partial charge on any atom is -0.493 e. The number of carbonyl (C=O) groups excluding carboxylic acids is 1. The van der Waals surface area contributed by atoms with Gasteiger partial charge in [-0.15, -0.1) is 0 Å². The van der Waals surface area contributed by atoms with Crippen LogP contribution in [-0.2, 0) is 16.6 Å². The largest absolute Gasteiger partial charge is 0.493 e. The molecular formula is C23H30N2O5S. The van der Waals surface area contributed by atoms with E-state index in [9.17, 15) is 13.2 Å². The van der Waals surface area contributed by atoms with Crippen LogP contribution in [0.1, 0.15) is 49.0 Å². The molecule has 2 aromatic carbocycles. The van der Waals surface area contributed by atoms with Gasteiger partial charge in [-0.2, -0.15) is 4.31 Å². The SMILES string of the molecule is COc1cc(C(=O)NCc2ccc(S(=O)(=O)N3CCCCC3)cc2)ccc1OC(C)C. The minimum atomic E-state index is -3.45. The molecule has 0 spiro atoms. The number of methoxy groups -OCH3 is 1. The van der Waals surface area contributed by atoms with Gasteiger partial charge < -0.3 is 14.8 Å². The van der Waals surface area contributed by atoms with Crippen LogP contribution in [0, 0.1) is 0 Å². The lowest BCUT2D eigenvalue weighted by Crippen LogP contribution is -2.35. The molecule has 7 nitrogen and oxygen atoms in total. The minimum absolute atomic E-state index is 0.00437. The van der Waals surface area contributed by atoms with Crippen molar-refractivity contribution in [3.8, 4) is 11.5 Å². The van der Waals surface area contributed by atoms with Crippen LogP contribution in [0.5, 0.6) is 11.5 Å². The number of carbonyl (C=O) groups is 1. The Morgan fingerprint density at radius 1 is 1.03 bits per heavy atom. The highest BCUT2D eigenvalue weighted by atomic mass is 32.2. The third-order valence-electron chi connectivity index (χ3n) is 5.12. The van der Waals surface area contributed by atoms with Gasteiger partial charge in [0.15, 0.2) is 11.5 Å². The Balaban J connectivity index is 1.63. The van der Waals surface area contributed by atoms with Crippen molar-refractivity contribution in [1.82, 2.24) is 9.62 Å². The van der Waals surface area contributed by atoms with E-state index in [1.165, 1.54) is 7.11 Å². The molecule has 0 saturated carbocycles. The van der Waals surface area contributed by atoms with Gasteiger partial charge in [-0.3, -0.25) is 4.79 Å². The summed E-state index contributed by atoms with van der Waals surface area (Å²) >= 11 is 0. The number of benzene rings is 2. The lowest BCUT2D eigenvalue weighted by atomic mass is 10.1. The first-order valence-electron chi connectivity index (χ1n) is 10.5. The maximum atomic E-state index is 12.7.